The zero-order valence-corrected chi connectivity index (χ0v) is 14.9. The number of carbonyl (C=O) groups is 1. The van der Waals surface area contributed by atoms with Gasteiger partial charge in [0, 0.05) is 31.9 Å². The maximum Gasteiger partial charge on any atom is 0.410 e. The number of amides is 1. The van der Waals surface area contributed by atoms with Gasteiger partial charge in [-0.25, -0.2) is 9.78 Å². The molecule has 5 nitrogen and oxygen atoms in total. The quantitative estimate of drug-likeness (QED) is 0.826. The van der Waals surface area contributed by atoms with Crippen LogP contribution in [-0.2, 0) is 11.3 Å². The van der Waals surface area contributed by atoms with Gasteiger partial charge in [0.1, 0.15) is 12.4 Å². The zero-order valence-electron chi connectivity index (χ0n) is 14.9. The van der Waals surface area contributed by atoms with Gasteiger partial charge in [0.2, 0.25) is 0 Å². The van der Waals surface area contributed by atoms with E-state index in [1.807, 2.05) is 48.3 Å². The van der Waals surface area contributed by atoms with Crippen LogP contribution in [0, 0.1) is 0 Å². The third-order valence-corrected chi connectivity index (χ3v) is 4.70. The SMILES string of the molecule is CCN(C)c1ncccc1[C@H]1CCCN1C(=O)OCc1ccccc1. The van der Waals surface area contributed by atoms with E-state index in [-0.39, 0.29) is 12.1 Å². The van der Waals surface area contributed by atoms with Crippen LogP contribution in [0.3, 0.4) is 0 Å². The fourth-order valence-corrected chi connectivity index (χ4v) is 3.25. The molecule has 0 saturated carbocycles. The molecule has 2 aromatic rings. The number of hydrogen-bond donors (Lipinski definition) is 0. The second-order valence-corrected chi connectivity index (χ2v) is 6.32. The van der Waals surface area contributed by atoms with Gasteiger partial charge in [0.15, 0.2) is 0 Å². The second-order valence-electron chi connectivity index (χ2n) is 6.32. The zero-order chi connectivity index (χ0) is 17.6. The van der Waals surface area contributed by atoms with E-state index in [1.54, 1.807) is 6.20 Å². The summed E-state index contributed by atoms with van der Waals surface area (Å²) in [5.74, 6) is 0.942. The Bertz CT molecular complexity index is 705. The van der Waals surface area contributed by atoms with Crippen molar-refractivity contribution in [2.75, 3.05) is 25.0 Å². The van der Waals surface area contributed by atoms with Crippen molar-refractivity contribution in [1.82, 2.24) is 9.88 Å². The van der Waals surface area contributed by atoms with E-state index in [0.717, 1.165) is 42.9 Å². The molecule has 1 aromatic heterocycles. The fraction of sp³-hybridized carbons (Fsp3) is 0.400. The van der Waals surface area contributed by atoms with Crippen LogP contribution >= 0.6 is 0 Å². The van der Waals surface area contributed by atoms with Gasteiger partial charge in [-0.3, -0.25) is 0 Å². The molecular weight excluding hydrogens is 314 g/mol. The molecule has 0 radical (unpaired) electrons. The minimum atomic E-state index is -0.250. The minimum absolute atomic E-state index is 0.0287. The molecular formula is C20H25N3O2. The molecule has 1 saturated heterocycles. The molecule has 3 rings (SSSR count). The van der Waals surface area contributed by atoms with E-state index in [1.165, 1.54) is 0 Å². The van der Waals surface area contributed by atoms with Crippen molar-refractivity contribution in [1.29, 1.82) is 0 Å². The summed E-state index contributed by atoms with van der Waals surface area (Å²) in [4.78, 5) is 21.1. The Kier molecular flexibility index (Phi) is 5.53. The van der Waals surface area contributed by atoms with Crippen LogP contribution in [0.2, 0.25) is 0 Å². The van der Waals surface area contributed by atoms with Crippen molar-refractivity contribution in [2.24, 2.45) is 0 Å². The van der Waals surface area contributed by atoms with Crippen LogP contribution in [0.1, 0.15) is 36.9 Å². The lowest BCUT2D eigenvalue weighted by Crippen LogP contribution is -2.32. The van der Waals surface area contributed by atoms with E-state index in [2.05, 4.69) is 22.9 Å². The molecule has 132 valence electrons. The summed E-state index contributed by atoms with van der Waals surface area (Å²) in [5.41, 5.74) is 2.10. The number of ether oxygens (including phenoxy) is 1. The summed E-state index contributed by atoms with van der Waals surface area (Å²) in [6, 6.07) is 13.8. The molecule has 0 N–H and O–H groups in total. The Labute approximate surface area is 149 Å². The number of benzene rings is 1. The lowest BCUT2D eigenvalue weighted by Gasteiger charge is -2.28. The molecule has 1 atom stereocenters. The van der Waals surface area contributed by atoms with Crippen molar-refractivity contribution < 1.29 is 9.53 Å². The first-order valence-electron chi connectivity index (χ1n) is 8.84. The van der Waals surface area contributed by atoms with Crippen molar-refractivity contribution >= 4 is 11.9 Å². The Morgan fingerprint density at radius 3 is 2.84 bits per heavy atom. The Hall–Kier alpha value is -2.56. The maximum absolute atomic E-state index is 12.6. The Balaban J connectivity index is 1.73. The molecule has 1 aliphatic heterocycles. The largest absolute Gasteiger partial charge is 0.445 e. The van der Waals surface area contributed by atoms with Gasteiger partial charge < -0.3 is 14.5 Å². The number of pyridine rings is 1. The normalized spacial score (nSPS) is 16.7. The van der Waals surface area contributed by atoms with E-state index in [4.69, 9.17) is 4.74 Å². The minimum Gasteiger partial charge on any atom is -0.445 e. The van der Waals surface area contributed by atoms with E-state index >= 15 is 0 Å². The summed E-state index contributed by atoms with van der Waals surface area (Å²) in [6.07, 6.45) is 3.48. The number of likely N-dealkylation sites (tertiary alicyclic amines) is 1. The number of rotatable bonds is 5. The van der Waals surface area contributed by atoms with Gasteiger partial charge in [-0.2, -0.15) is 0 Å². The molecule has 1 aliphatic rings. The lowest BCUT2D eigenvalue weighted by atomic mass is 10.1. The molecule has 25 heavy (non-hydrogen) atoms. The van der Waals surface area contributed by atoms with Crippen molar-refractivity contribution in [2.45, 2.75) is 32.4 Å². The van der Waals surface area contributed by atoms with Crippen molar-refractivity contribution in [3.8, 4) is 0 Å². The molecule has 0 bridgehead atoms. The number of anilines is 1. The van der Waals surface area contributed by atoms with E-state index in [0.29, 0.717) is 6.61 Å². The standard InChI is InChI=1S/C20H25N3O2/c1-3-22(2)19-17(11-7-13-21-19)18-12-8-14-23(18)20(24)25-15-16-9-5-4-6-10-16/h4-7,9-11,13,18H,3,8,12,14-15H2,1-2H3/t18-/m1/s1. The van der Waals surface area contributed by atoms with Crippen LogP contribution in [0.4, 0.5) is 10.6 Å². The number of hydrogen-bond acceptors (Lipinski definition) is 4. The Morgan fingerprint density at radius 1 is 1.28 bits per heavy atom. The molecule has 1 amide bonds. The molecule has 0 spiro atoms. The molecule has 2 heterocycles. The smallest absolute Gasteiger partial charge is 0.410 e. The van der Waals surface area contributed by atoms with E-state index < -0.39 is 0 Å². The van der Waals surface area contributed by atoms with Crippen LogP contribution in [0.25, 0.3) is 0 Å². The predicted molar refractivity (Wildman–Crippen MR) is 98.5 cm³/mol. The molecule has 1 aromatic carbocycles. The van der Waals surface area contributed by atoms with Gasteiger partial charge in [0.05, 0.1) is 6.04 Å². The highest BCUT2D eigenvalue weighted by atomic mass is 16.6. The summed E-state index contributed by atoms with van der Waals surface area (Å²) < 4.78 is 5.54. The fourth-order valence-electron chi connectivity index (χ4n) is 3.25. The van der Waals surface area contributed by atoms with Crippen LogP contribution < -0.4 is 4.90 Å². The third kappa shape index (κ3) is 3.92. The highest BCUT2D eigenvalue weighted by molar-refractivity contribution is 5.69. The topological polar surface area (TPSA) is 45.7 Å². The van der Waals surface area contributed by atoms with Crippen molar-refractivity contribution in [3.63, 3.8) is 0 Å². The molecule has 0 aliphatic carbocycles. The number of nitrogens with zero attached hydrogens (tertiary/aromatic N) is 3. The van der Waals surface area contributed by atoms with Crippen LogP contribution in [0.15, 0.2) is 48.7 Å². The first kappa shape index (κ1) is 17.3. The average molecular weight is 339 g/mol. The molecule has 5 heteroatoms. The summed E-state index contributed by atoms with van der Waals surface area (Å²) in [6.45, 7) is 3.99. The highest BCUT2D eigenvalue weighted by Gasteiger charge is 2.33. The predicted octanol–water partition coefficient (Wildman–Crippen LogP) is 4.01. The Morgan fingerprint density at radius 2 is 2.08 bits per heavy atom. The first-order chi connectivity index (χ1) is 12.2. The van der Waals surface area contributed by atoms with Crippen molar-refractivity contribution in [3.05, 3.63) is 59.8 Å². The van der Waals surface area contributed by atoms with Crippen LogP contribution in [-0.4, -0.2) is 36.1 Å². The van der Waals surface area contributed by atoms with Gasteiger partial charge in [-0.15, -0.1) is 0 Å². The van der Waals surface area contributed by atoms with Gasteiger partial charge in [0.25, 0.3) is 0 Å². The number of carbonyl (C=O) groups excluding carboxylic acids is 1. The monoisotopic (exact) mass is 339 g/mol. The van der Waals surface area contributed by atoms with Gasteiger partial charge in [-0.05, 0) is 31.4 Å². The molecule has 0 unspecified atom stereocenters. The summed E-state index contributed by atoms with van der Waals surface area (Å²) in [5, 5.41) is 0. The number of aromatic nitrogens is 1. The first-order valence-corrected chi connectivity index (χ1v) is 8.84. The summed E-state index contributed by atoms with van der Waals surface area (Å²) >= 11 is 0. The maximum atomic E-state index is 12.6. The molecule has 1 fully saturated rings. The average Bonchev–Trinajstić information content (AvgIpc) is 3.16. The van der Waals surface area contributed by atoms with Gasteiger partial charge in [-0.1, -0.05) is 36.4 Å². The highest BCUT2D eigenvalue weighted by Crippen LogP contribution is 2.36. The van der Waals surface area contributed by atoms with E-state index in [9.17, 15) is 4.79 Å². The summed E-state index contributed by atoms with van der Waals surface area (Å²) in [7, 11) is 2.03. The van der Waals surface area contributed by atoms with Crippen LogP contribution in [0.5, 0.6) is 0 Å². The third-order valence-electron chi connectivity index (χ3n) is 4.70. The lowest BCUT2D eigenvalue weighted by molar-refractivity contribution is 0.0921. The van der Waals surface area contributed by atoms with Gasteiger partial charge >= 0.3 is 6.09 Å². The second kappa shape index (κ2) is 8.01.